The summed E-state index contributed by atoms with van der Waals surface area (Å²) in [6.07, 6.45) is 2.32. The van der Waals surface area contributed by atoms with Gasteiger partial charge in [-0.3, -0.25) is 4.79 Å². The van der Waals surface area contributed by atoms with Crippen molar-refractivity contribution in [2.24, 2.45) is 5.92 Å². The lowest BCUT2D eigenvalue weighted by Crippen LogP contribution is -2.12. The molecule has 0 saturated heterocycles. The molecule has 0 aromatic carbocycles. The van der Waals surface area contributed by atoms with Gasteiger partial charge in [-0.15, -0.1) is 0 Å². The molecule has 1 atom stereocenters. The molecule has 0 aliphatic rings. The largest absolute Gasteiger partial charge is 0.481 e. The van der Waals surface area contributed by atoms with Crippen molar-refractivity contribution < 1.29 is 9.90 Å². The molecule has 2 aromatic heterocycles. The van der Waals surface area contributed by atoms with Crippen LogP contribution in [0.2, 0.25) is 0 Å². The number of nitrogens with zero attached hydrogens (tertiary/aromatic N) is 3. The molecule has 1 unspecified atom stereocenters. The zero-order valence-corrected chi connectivity index (χ0v) is 9.21. The van der Waals surface area contributed by atoms with Gasteiger partial charge >= 0.3 is 5.97 Å². The van der Waals surface area contributed by atoms with Crippen molar-refractivity contribution in [1.82, 2.24) is 14.6 Å². The number of aromatic nitrogens is 3. The van der Waals surface area contributed by atoms with Gasteiger partial charge in [-0.1, -0.05) is 6.92 Å². The van der Waals surface area contributed by atoms with Crippen molar-refractivity contribution in [3.05, 3.63) is 29.7 Å². The van der Waals surface area contributed by atoms with Crippen molar-refractivity contribution in [2.75, 3.05) is 0 Å². The van der Waals surface area contributed by atoms with Gasteiger partial charge in [0.05, 0.1) is 5.92 Å². The second-order valence-corrected chi connectivity index (χ2v) is 3.94. The predicted molar refractivity (Wildman–Crippen MR) is 58.2 cm³/mol. The van der Waals surface area contributed by atoms with Crippen LogP contribution in [0.3, 0.4) is 0 Å². The smallest absolute Gasteiger partial charge is 0.306 e. The first kappa shape index (κ1) is 10.6. The third-order valence-electron chi connectivity index (χ3n) is 2.47. The summed E-state index contributed by atoms with van der Waals surface area (Å²) in [7, 11) is 0. The van der Waals surface area contributed by atoms with E-state index in [9.17, 15) is 4.79 Å². The summed E-state index contributed by atoms with van der Waals surface area (Å²) in [6.45, 7) is 3.52. The first-order valence-electron chi connectivity index (χ1n) is 5.11. The highest BCUT2D eigenvalue weighted by Gasteiger charge is 2.12. The first-order chi connectivity index (χ1) is 7.56. The van der Waals surface area contributed by atoms with Crippen LogP contribution in [0.25, 0.3) is 5.65 Å². The van der Waals surface area contributed by atoms with E-state index < -0.39 is 5.97 Å². The Bertz CT molecular complexity index is 533. The van der Waals surface area contributed by atoms with E-state index in [0.717, 1.165) is 11.2 Å². The van der Waals surface area contributed by atoms with E-state index in [2.05, 4.69) is 10.1 Å². The summed E-state index contributed by atoms with van der Waals surface area (Å²) >= 11 is 0. The molecule has 2 heterocycles. The average molecular weight is 219 g/mol. The fraction of sp³-hybridized carbons (Fsp3) is 0.364. The molecule has 0 spiro atoms. The topological polar surface area (TPSA) is 67.5 Å². The number of aryl methyl sites for hydroxylation is 1. The van der Waals surface area contributed by atoms with Crippen LogP contribution >= 0.6 is 0 Å². The van der Waals surface area contributed by atoms with E-state index in [1.807, 2.05) is 19.1 Å². The van der Waals surface area contributed by atoms with Gasteiger partial charge in [0.1, 0.15) is 5.82 Å². The molecule has 5 nitrogen and oxygen atoms in total. The summed E-state index contributed by atoms with van der Waals surface area (Å²) in [4.78, 5) is 15.0. The van der Waals surface area contributed by atoms with Gasteiger partial charge in [0.15, 0.2) is 5.65 Å². The predicted octanol–water partition coefficient (Wildman–Crippen LogP) is 1.30. The van der Waals surface area contributed by atoms with Crippen LogP contribution in [0.15, 0.2) is 18.3 Å². The molecule has 16 heavy (non-hydrogen) atoms. The van der Waals surface area contributed by atoms with E-state index in [4.69, 9.17) is 5.11 Å². The lowest BCUT2D eigenvalue weighted by Gasteiger charge is -2.05. The summed E-state index contributed by atoms with van der Waals surface area (Å²) < 4.78 is 1.68. The van der Waals surface area contributed by atoms with Gasteiger partial charge in [0.2, 0.25) is 0 Å². The van der Waals surface area contributed by atoms with Crippen LogP contribution in [0.4, 0.5) is 0 Å². The number of aliphatic carboxylic acids is 1. The molecule has 0 saturated carbocycles. The molecule has 2 rings (SSSR count). The molecule has 0 aliphatic heterocycles. The Balaban J connectivity index is 2.28. The first-order valence-corrected chi connectivity index (χ1v) is 5.11. The zero-order chi connectivity index (χ0) is 11.7. The molecule has 0 aliphatic carbocycles. The number of pyridine rings is 1. The maximum absolute atomic E-state index is 10.7. The monoisotopic (exact) mass is 219 g/mol. The Morgan fingerprint density at radius 2 is 2.38 bits per heavy atom. The van der Waals surface area contributed by atoms with Crippen LogP contribution in [-0.2, 0) is 11.2 Å². The Hall–Kier alpha value is -1.91. The normalized spacial score (nSPS) is 12.9. The van der Waals surface area contributed by atoms with Gasteiger partial charge in [-0.05, 0) is 31.0 Å². The summed E-state index contributed by atoms with van der Waals surface area (Å²) in [6, 6.07) is 3.75. The number of hydrogen-bond acceptors (Lipinski definition) is 3. The highest BCUT2D eigenvalue weighted by Crippen LogP contribution is 2.11. The van der Waals surface area contributed by atoms with Crippen molar-refractivity contribution in [2.45, 2.75) is 20.3 Å². The fourth-order valence-corrected chi connectivity index (χ4v) is 1.60. The molecule has 0 amide bonds. The van der Waals surface area contributed by atoms with Gasteiger partial charge in [-0.2, -0.15) is 5.10 Å². The van der Waals surface area contributed by atoms with Crippen LogP contribution < -0.4 is 0 Å². The third kappa shape index (κ3) is 2.03. The third-order valence-corrected chi connectivity index (χ3v) is 2.47. The summed E-state index contributed by atoms with van der Waals surface area (Å²) in [5.41, 5.74) is 1.72. The minimum Gasteiger partial charge on any atom is -0.481 e. The second kappa shape index (κ2) is 3.92. The van der Waals surface area contributed by atoms with Crippen molar-refractivity contribution in [1.29, 1.82) is 0 Å². The molecule has 84 valence electrons. The quantitative estimate of drug-likeness (QED) is 0.844. The Morgan fingerprint density at radius 1 is 1.62 bits per heavy atom. The highest BCUT2D eigenvalue weighted by atomic mass is 16.4. The Morgan fingerprint density at radius 3 is 3.06 bits per heavy atom. The average Bonchev–Trinajstić information content (AvgIpc) is 2.57. The van der Waals surface area contributed by atoms with E-state index >= 15 is 0 Å². The van der Waals surface area contributed by atoms with E-state index in [-0.39, 0.29) is 5.92 Å². The molecular formula is C11H13N3O2. The van der Waals surface area contributed by atoms with E-state index in [0.29, 0.717) is 12.2 Å². The molecule has 1 N–H and O–H groups in total. The summed E-state index contributed by atoms with van der Waals surface area (Å²) in [5.74, 6) is -0.451. The molecular weight excluding hydrogens is 206 g/mol. The number of fused-ring (bicyclic) bond motifs is 1. The second-order valence-electron chi connectivity index (χ2n) is 3.94. The number of carboxylic acid groups (broad SMARTS) is 1. The molecule has 0 bridgehead atoms. The van der Waals surface area contributed by atoms with Crippen LogP contribution in [0.1, 0.15) is 18.3 Å². The Kier molecular flexibility index (Phi) is 2.60. The molecule has 2 aromatic rings. The summed E-state index contributed by atoms with van der Waals surface area (Å²) in [5, 5.41) is 13.0. The number of hydrogen-bond donors (Lipinski definition) is 1. The number of carbonyl (C=O) groups is 1. The fourth-order valence-electron chi connectivity index (χ4n) is 1.60. The maximum atomic E-state index is 10.7. The van der Waals surface area contributed by atoms with E-state index in [1.54, 1.807) is 17.6 Å². The Labute approximate surface area is 92.7 Å². The van der Waals surface area contributed by atoms with Crippen molar-refractivity contribution >= 4 is 11.6 Å². The van der Waals surface area contributed by atoms with E-state index in [1.165, 1.54) is 0 Å². The van der Waals surface area contributed by atoms with Gasteiger partial charge < -0.3 is 5.11 Å². The van der Waals surface area contributed by atoms with Crippen molar-refractivity contribution in [3.8, 4) is 0 Å². The highest BCUT2D eigenvalue weighted by molar-refractivity contribution is 5.70. The zero-order valence-electron chi connectivity index (χ0n) is 9.21. The maximum Gasteiger partial charge on any atom is 0.306 e. The van der Waals surface area contributed by atoms with Crippen molar-refractivity contribution in [3.63, 3.8) is 0 Å². The van der Waals surface area contributed by atoms with Gasteiger partial charge in [0, 0.05) is 6.20 Å². The van der Waals surface area contributed by atoms with Crippen LogP contribution in [0, 0.1) is 12.8 Å². The number of carboxylic acids is 1. The van der Waals surface area contributed by atoms with Crippen LogP contribution in [0.5, 0.6) is 0 Å². The standard InChI is InChI=1S/C11H13N3O2/c1-7(11(15)16)5-9-3-4-14-10(6-9)12-8(2)13-14/h3-4,6-7H,5H2,1-2H3,(H,15,16). The molecule has 0 fully saturated rings. The van der Waals surface area contributed by atoms with Gasteiger partial charge in [0.25, 0.3) is 0 Å². The lowest BCUT2D eigenvalue weighted by molar-refractivity contribution is -0.141. The lowest BCUT2D eigenvalue weighted by atomic mass is 10.0. The minimum absolute atomic E-state index is 0.383. The van der Waals surface area contributed by atoms with Crippen LogP contribution in [-0.4, -0.2) is 25.7 Å². The van der Waals surface area contributed by atoms with Gasteiger partial charge in [-0.25, -0.2) is 9.50 Å². The molecule has 5 heteroatoms. The number of rotatable bonds is 3. The molecule has 0 radical (unpaired) electrons. The minimum atomic E-state index is -0.780. The SMILES string of the molecule is Cc1nc2cc(CC(C)C(=O)O)ccn2n1.